The zero-order chi connectivity index (χ0) is 11.4. The van der Waals surface area contributed by atoms with E-state index in [1.807, 2.05) is 23.1 Å². The molecule has 3 nitrogen and oxygen atoms in total. The van der Waals surface area contributed by atoms with Crippen LogP contribution in [-0.2, 0) is 7.05 Å². The first-order valence-corrected chi connectivity index (χ1v) is 7.35. The van der Waals surface area contributed by atoms with Gasteiger partial charge in [-0.25, -0.2) is 0 Å². The molecule has 0 saturated heterocycles. The van der Waals surface area contributed by atoms with Gasteiger partial charge in [0, 0.05) is 18.7 Å². The molecular weight excluding hydrogens is 262 g/mol. The average molecular weight is 274 g/mol. The van der Waals surface area contributed by atoms with Crippen LogP contribution in [0, 0.1) is 0 Å². The Kier molecular flexibility index (Phi) is 4.26. The minimum absolute atomic E-state index is 0.697. The molecule has 2 rings (SSSR count). The molecular formula is C10H12ClN3S2. The lowest BCUT2D eigenvalue weighted by molar-refractivity contribution is 0.794. The Morgan fingerprint density at radius 2 is 2.38 bits per heavy atom. The Morgan fingerprint density at radius 1 is 1.50 bits per heavy atom. The highest BCUT2D eigenvalue weighted by Gasteiger charge is 2.11. The molecule has 0 bridgehead atoms. The van der Waals surface area contributed by atoms with Crippen molar-refractivity contribution in [3.05, 3.63) is 17.5 Å². The molecule has 0 aliphatic heterocycles. The average Bonchev–Trinajstić information content (AvgIpc) is 2.89. The third-order valence-electron chi connectivity index (χ3n) is 2.09. The van der Waals surface area contributed by atoms with Crippen LogP contribution in [0.2, 0.25) is 0 Å². The number of halogens is 1. The van der Waals surface area contributed by atoms with Crippen molar-refractivity contribution in [3.8, 4) is 10.7 Å². The van der Waals surface area contributed by atoms with Crippen LogP contribution in [-0.4, -0.2) is 26.4 Å². The Bertz CT molecular complexity index is 439. The van der Waals surface area contributed by atoms with E-state index in [-0.39, 0.29) is 0 Å². The van der Waals surface area contributed by atoms with Crippen LogP contribution in [0.5, 0.6) is 0 Å². The van der Waals surface area contributed by atoms with Gasteiger partial charge in [-0.05, 0) is 17.9 Å². The zero-order valence-electron chi connectivity index (χ0n) is 8.89. The van der Waals surface area contributed by atoms with Gasteiger partial charge in [-0.1, -0.05) is 17.8 Å². The lowest BCUT2D eigenvalue weighted by Crippen LogP contribution is -1.94. The molecule has 16 heavy (non-hydrogen) atoms. The van der Waals surface area contributed by atoms with Gasteiger partial charge < -0.3 is 4.57 Å². The maximum Gasteiger partial charge on any atom is 0.191 e. The summed E-state index contributed by atoms with van der Waals surface area (Å²) in [4.78, 5) is 1.15. The van der Waals surface area contributed by atoms with E-state index in [1.165, 1.54) is 0 Å². The second-order valence-corrected chi connectivity index (χ2v) is 5.62. The van der Waals surface area contributed by atoms with Gasteiger partial charge >= 0.3 is 0 Å². The molecule has 0 aromatic carbocycles. The molecule has 0 fully saturated rings. The number of hydrogen-bond donors (Lipinski definition) is 0. The van der Waals surface area contributed by atoms with Crippen LogP contribution >= 0.6 is 34.7 Å². The van der Waals surface area contributed by atoms with E-state index in [0.717, 1.165) is 28.0 Å². The van der Waals surface area contributed by atoms with Crippen LogP contribution < -0.4 is 0 Å². The Balaban J connectivity index is 2.12. The molecule has 0 aliphatic rings. The largest absolute Gasteiger partial charge is 0.305 e. The van der Waals surface area contributed by atoms with Gasteiger partial charge in [0.05, 0.1) is 4.88 Å². The minimum Gasteiger partial charge on any atom is -0.305 e. The van der Waals surface area contributed by atoms with Gasteiger partial charge in [0.15, 0.2) is 11.0 Å². The van der Waals surface area contributed by atoms with Gasteiger partial charge in [-0.2, -0.15) is 0 Å². The maximum absolute atomic E-state index is 5.64. The smallest absolute Gasteiger partial charge is 0.191 e. The topological polar surface area (TPSA) is 30.7 Å². The minimum atomic E-state index is 0.697. The number of thioether (sulfide) groups is 1. The predicted octanol–water partition coefficient (Wildman–Crippen LogP) is 3.26. The number of thiophene rings is 1. The van der Waals surface area contributed by atoms with E-state index in [2.05, 4.69) is 16.3 Å². The van der Waals surface area contributed by atoms with E-state index in [0.29, 0.717) is 5.88 Å². The zero-order valence-corrected chi connectivity index (χ0v) is 11.3. The molecule has 6 heteroatoms. The molecule has 0 N–H and O–H groups in total. The van der Waals surface area contributed by atoms with Crippen molar-refractivity contribution >= 4 is 34.7 Å². The predicted molar refractivity (Wildman–Crippen MR) is 70.4 cm³/mol. The normalized spacial score (nSPS) is 10.9. The van der Waals surface area contributed by atoms with Crippen LogP contribution in [0.4, 0.5) is 0 Å². The highest BCUT2D eigenvalue weighted by Crippen LogP contribution is 2.26. The molecule has 0 atom stereocenters. The summed E-state index contributed by atoms with van der Waals surface area (Å²) in [5, 5.41) is 11.4. The van der Waals surface area contributed by atoms with Crippen molar-refractivity contribution in [1.82, 2.24) is 14.8 Å². The Hall–Kier alpha value is -0.520. The van der Waals surface area contributed by atoms with Crippen LogP contribution in [0.3, 0.4) is 0 Å². The standard InChI is InChI=1S/C10H12ClN3S2/c1-14-9(8-4-2-6-15-8)12-13-10(14)16-7-3-5-11/h2,4,6H,3,5,7H2,1H3. The summed E-state index contributed by atoms with van der Waals surface area (Å²) in [6, 6.07) is 4.08. The summed E-state index contributed by atoms with van der Waals surface area (Å²) in [7, 11) is 2.00. The van der Waals surface area contributed by atoms with E-state index in [9.17, 15) is 0 Å². The summed E-state index contributed by atoms with van der Waals surface area (Å²) >= 11 is 9.02. The molecule has 0 saturated carbocycles. The number of aromatic nitrogens is 3. The van der Waals surface area contributed by atoms with Crippen molar-refractivity contribution < 1.29 is 0 Å². The van der Waals surface area contributed by atoms with Gasteiger partial charge in [-0.15, -0.1) is 33.1 Å². The second-order valence-electron chi connectivity index (χ2n) is 3.23. The lowest BCUT2D eigenvalue weighted by Gasteiger charge is -2.01. The SMILES string of the molecule is Cn1c(SCCCCl)nnc1-c1cccs1. The highest BCUT2D eigenvalue weighted by atomic mass is 35.5. The molecule has 2 aromatic heterocycles. The molecule has 0 radical (unpaired) electrons. The summed E-state index contributed by atoms with van der Waals surface area (Å²) in [6.45, 7) is 0. The number of nitrogens with zero attached hydrogens (tertiary/aromatic N) is 3. The molecule has 0 spiro atoms. The second kappa shape index (κ2) is 5.70. The molecule has 2 heterocycles. The third-order valence-corrected chi connectivity index (χ3v) is 4.33. The molecule has 86 valence electrons. The van der Waals surface area contributed by atoms with E-state index in [4.69, 9.17) is 11.6 Å². The molecule has 0 unspecified atom stereocenters. The van der Waals surface area contributed by atoms with Crippen LogP contribution in [0.1, 0.15) is 6.42 Å². The Labute approximate surface area is 108 Å². The molecule has 2 aromatic rings. The first-order valence-electron chi connectivity index (χ1n) is 4.95. The van der Waals surface area contributed by atoms with Gasteiger partial charge in [0.25, 0.3) is 0 Å². The first-order chi connectivity index (χ1) is 7.83. The summed E-state index contributed by atoms with van der Waals surface area (Å²) in [6.07, 6.45) is 0.993. The Morgan fingerprint density at radius 3 is 3.06 bits per heavy atom. The molecule has 0 aliphatic carbocycles. The van der Waals surface area contributed by atoms with E-state index < -0.39 is 0 Å². The highest BCUT2D eigenvalue weighted by molar-refractivity contribution is 7.99. The monoisotopic (exact) mass is 273 g/mol. The van der Waals surface area contributed by atoms with Gasteiger partial charge in [0.1, 0.15) is 0 Å². The lowest BCUT2D eigenvalue weighted by atomic mass is 10.4. The summed E-state index contributed by atoms with van der Waals surface area (Å²) in [5.74, 6) is 2.62. The fraction of sp³-hybridized carbons (Fsp3) is 0.400. The summed E-state index contributed by atoms with van der Waals surface area (Å²) < 4.78 is 2.03. The first kappa shape index (κ1) is 12.0. The van der Waals surface area contributed by atoms with Crippen molar-refractivity contribution in [2.24, 2.45) is 7.05 Å². The molecule has 0 amide bonds. The number of rotatable bonds is 5. The fourth-order valence-electron chi connectivity index (χ4n) is 1.28. The third kappa shape index (κ3) is 2.59. The van der Waals surface area contributed by atoms with E-state index >= 15 is 0 Å². The van der Waals surface area contributed by atoms with E-state index in [1.54, 1.807) is 23.1 Å². The van der Waals surface area contributed by atoms with Crippen molar-refractivity contribution in [3.63, 3.8) is 0 Å². The quantitative estimate of drug-likeness (QED) is 0.476. The number of hydrogen-bond acceptors (Lipinski definition) is 4. The van der Waals surface area contributed by atoms with Crippen molar-refractivity contribution in [1.29, 1.82) is 0 Å². The number of alkyl halides is 1. The van der Waals surface area contributed by atoms with Crippen molar-refractivity contribution in [2.75, 3.05) is 11.6 Å². The maximum atomic E-state index is 5.64. The van der Waals surface area contributed by atoms with Gasteiger partial charge in [-0.3, -0.25) is 0 Å². The van der Waals surface area contributed by atoms with Crippen LogP contribution in [0.25, 0.3) is 10.7 Å². The van der Waals surface area contributed by atoms with Crippen LogP contribution in [0.15, 0.2) is 22.7 Å². The summed E-state index contributed by atoms with van der Waals surface area (Å²) in [5.41, 5.74) is 0. The van der Waals surface area contributed by atoms with Crippen molar-refractivity contribution in [2.45, 2.75) is 11.6 Å². The van der Waals surface area contributed by atoms with Gasteiger partial charge in [0.2, 0.25) is 0 Å². The fourth-order valence-corrected chi connectivity index (χ4v) is 3.17.